The van der Waals surface area contributed by atoms with Gasteiger partial charge in [0, 0.05) is 26.2 Å². The number of amides is 2. The molecule has 2 amide bonds. The van der Waals surface area contributed by atoms with Crippen molar-refractivity contribution < 1.29 is 19.1 Å². The van der Waals surface area contributed by atoms with E-state index in [-0.39, 0.29) is 11.1 Å². The van der Waals surface area contributed by atoms with E-state index in [0.29, 0.717) is 22.9 Å². The van der Waals surface area contributed by atoms with Crippen molar-refractivity contribution in [1.29, 1.82) is 0 Å². The lowest BCUT2D eigenvalue weighted by Gasteiger charge is -2.32. The van der Waals surface area contributed by atoms with Gasteiger partial charge in [0.1, 0.15) is 17.2 Å². The van der Waals surface area contributed by atoms with E-state index in [1.807, 2.05) is 67.6 Å². The average Bonchev–Trinajstić information content (AvgIpc) is 3.26. The summed E-state index contributed by atoms with van der Waals surface area (Å²) < 4.78 is 11.8. The average molecular weight is 572 g/mol. The number of thioether (sulfide) groups is 1. The lowest BCUT2D eigenvalue weighted by atomic mass is 10.2. The maximum Gasteiger partial charge on any atom is 0.298 e. The molecule has 0 aromatic heterocycles. The zero-order chi connectivity index (χ0) is 28.6. The lowest BCUT2D eigenvalue weighted by molar-refractivity contribution is -0.113. The highest BCUT2D eigenvalue weighted by Gasteiger charge is 2.36. The number of piperazine rings is 1. The van der Waals surface area contributed by atoms with Crippen LogP contribution in [0.1, 0.15) is 30.4 Å². The lowest BCUT2D eigenvalue weighted by Crippen LogP contribution is -2.44. The fourth-order valence-corrected chi connectivity index (χ4v) is 5.62. The predicted molar refractivity (Wildman–Crippen MR) is 166 cm³/mol. The Morgan fingerprint density at radius 3 is 2.10 bits per heavy atom. The van der Waals surface area contributed by atoms with E-state index >= 15 is 0 Å². The van der Waals surface area contributed by atoms with Gasteiger partial charge in [-0.25, -0.2) is 4.90 Å². The summed E-state index contributed by atoms with van der Waals surface area (Å²) in [5.74, 6) is 1.88. The largest absolute Gasteiger partial charge is 0.494 e. The number of carbonyl (C=O) groups excluding carboxylic acids is 2. The zero-order valence-electron chi connectivity index (χ0n) is 23.8. The second-order valence-corrected chi connectivity index (χ2v) is 11.5. The maximum atomic E-state index is 13.1. The summed E-state index contributed by atoms with van der Waals surface area (Å²) in [6.07, 6.45) is 5.06. The number of anilines is 1. The van der Waals surface area contributed by atoms with Crippen LogP contribution in [0.5, 0.6) is 17.2 Å². The Kier molecular flexibility index (Phi) is 9.77. The Labute approximate surface area is 246 Å². The molecule has 0 unspecified atom stereocenters. The quantitative estimate of drug-likeness (QED) is 0.185. The van der Waals surface area contributed by atoms with Crippen LogP contribution in [0.4, 0.5) is 10.5 Å². The molecule has 0 bridgehead atoms. The number of hydrogen-bond acceptors (Lipinski definition) is 7. The van der Waals surface area contributed by atoms with Gasteiger partial charge >= 0.3 is 0 Å². The van der Waals surface area contributed by atoms with E-state index in [1.165, 1.54) is 16.9 Å². The topological polar surface area (TPSA) is 62.3 Å². The number of benzene rings is 3. The Morgan fingerprint density at radius 2 is 1.41 bits per heavy atom. The van der Waals surface area contributed by atoms with Gasteiger partial charge in [-0.1, -0.05) is 29.8 Å². The molecule has 2 saturated heterocycles. The van der Waals surface area contributed by atoms with Gasteiger partial charge in [0.2, 0.25) is 0 Å². The summed E-state index contributed by atoms with van der Waals surface area (Å²) >= 11 is 0.946. The summed E-state index contributed by atoms with van der Waals surface area (Å²) in [6, 6.07) is 22.5. The van der Waals surface area contributed by atoms with Crippen LogP contribution in [0.15, 0.2) is 77.7 Å². The third-order valence-corrected chi connectivity index (χ3v) is 8.18. The van der Waals surface area contributed by atoms with Crippen LogP contribution in [-0.4, -0.2) is 67.3 Å². The molecule has 0 aliphatic carbocycles. The van der Waals surface area contributed by atoms with Crippen molar-refractivity contribution in [2.75, 3.05) is 51.3 Å². The zero-order valence-corrected chi connectivity index (χ0v) is 24.6. The van der Waals surface area contributed by atoms with Gasteiger partial charge in [-0.15, -0.1) is 0 Å². The molecule has 7 nitrogen and oxygen atoms in total. The van der Waals surface area contributed by atoms with E-state index < -0.39 is 0 Å². The molecule has 0 saturated carbocycles. The van der Waals surface area contributed by atoms with Crippen LogP contribution in [0.3, 0.4) is 0 Å². The summed E-state index contributed by atoms with van der Waals surface area (Å²) in [4.78, 5) is 32.3. The molecule has 2 fully saturated rings. The van der Waals surface area contributed by atoms with Gasteiger partial charge in [-0.2, -0.15) is 0 Å². The molecular formula is C33H37N3O4S. The monoisotopic (exact) mass is 571 g/mol. The fourth-order valence-electron chi connectivity index (χ4n) is 4.78. The molecule has 0 radical (unpaired) electrons. The van der Waals surface area contributed by atoms with Crippen molar-refractivity contribution in [3.63, 3.8) is 0 Å². The second-order valence-electron chi connectivity index (χ2n) is 10.5. The minimum atomic E-state index is -0.325. The highest BCUT2D eigenvalue weighted by Crippen LogP contribution is 2.36. The van der Waals surface area contributed by atoms with Gasteiger partial charge in [0.15, 0.2) is 0 Å². The fraction of sp³-hybridized carbons (Fsp3) is 0.333. The summed E-state index contributed by atoms with van der Waals surface area (Å²) in [5, 5.41) is -0.311. The summed E-state index contributed by atoms with van der Waals surface area (Å²) in [6.45, 7) is 8.47. The molecule has 2 aliphatic heterocycles. The highest BCUT2D eigenvalue weighted by molar-refractivity contribution is 8.19. The molecule has 0 atom stereocenters. The smallest absolute Gasteiger partial charge is 0.298 e. The Morgan fingerprint density at radius 1 is 0.780 bits per heavy atom. The second kappa shape index (κ2) is 13.9. The van der Waals surface area contributed by atoms with Gasteiger partial charge in [0.25, 0.3) is 11.1 Å². The van der Waals surface area contributed by atoms with E-state index in [1.54, 1.807) is 18.2 Å². The van der Waals surface area contributed by atoms with Gasteiger partial charge in [-0.3, -0.25) is 9.59 Å². The standard InChI is InChI=1S/C33H37N3O4S/c1-25-6-12-29(13-7-25)40-30-14-8-26(9-15-30)24-31-32(37)36(33(38)41-31)27-10-16-28(17-11-27)39-23-5-3-4-18-35-21-19-34(2)20-22-35/h6-17,24H,3-5,18-23H2,1-2H3/b31-24-. The van der Waals surface area contributed by atoms with E-state index in [9.17, 15) is 9.59 Å². The Bertz CT molecular complexity index is 1350. The van der Waals surface area contributed by atoms with Crippen molar-refractivity contribution >= 4 is 34.7 Å². The third kappa shape index (κ3) is 8.00. The summed E-state index contributed by atoms with van der Waals surface area (Å²) in [5.41, 5.74) is 2.53. The van der Waals surface area contributed by atoms with E-state index in [0.717, 1.165) is 74.4 Å². The normalized spacial score (nSPS) is 17.4. The van der Waals surface area contributed by atoms with Gasteiger partial charge < -0.3 is 19.3 Å². The minimum Gasteiger partial charge on any atom is -0.494 e. The Hall–Kier alpha value is -3.59. The maximum absolute atomic E-state index is 13.1. The number of hydrogen-bond donors (Lipinski definition) is 0. The van der Waals surface area contributed by atoms with E-state index in [2.05, 4.69) is 16.8 Å². The van der Waals surface area contributed by atoms with Crippen LogP contribution in [-0.2, 0) is 4.79 Å². The van der Waals surface area contributed by atoms with Crippen LogP contribution in [0.2, 0.25) is 0 Å². The number of nitrogens with zero attached hydrogens (tertiary/aromatic N) is 3. The highest BCUT2D eigenvalue weighted by atomic mass is 32.2. The SMILES string of the molecule is Cc1ccc(Oc2ccc(/C=C3\SC(=O)N(c4ccc(OCCCCCN5CCN(C)CC5)cc4)C3=O)cc2)cc1. The predicted octanol–water partition coefficient (Wildman–Crippen LogP) is 6.82. The molecule has 214 valence electrons. The minimum absolute atomic E-state index is 0.311. The molecule has 0 spiro atoms. The number of imide groups is 1. The number of rotatable bonds is 11. The number of unbranched alkanes of at least 4 members (excludes halogenated alkanes) is 2. The first-order valence-corrected chi connectivity index (χ1v) is 15.0. The molecule has 3 aromatic carbocycles. The van der Waals surface area contributed by atoms with Crippen LogP contribution in [0.25, 0.3) is 6.08 Å². The van der Waals surface area contributed by atoms with Crippen LogP contribution < -0.4 is 14.4 Å². The number of likely N-dealkylation sites (N-methyl/N-ethyl adjacent to an activating group) is 1. The van der Waals surface area contributed by atoms with Crippen molar-refractivity contribution in [3.8, 4) is 17.2 Å². The van der Waals surface area contributed by atoms with Crippen molar-refractivity contribution in [2.24, 2.45) is 0 Å². The van der Waals surface area contributed by atoms with Crippen molar-refractivity contribution in [3.05, 3.63) is 88.8 Å². The van der Waals surface area contributed by atoms with Crippen molar-refractivity contribution in [1.82, 2.24) is 9.80 Å². The summed E-state index contributed by atoms with van der Waals surface area (Å²) in [7, 11) is 2.18. The number of ether oxygens (including phenoxy) is 2. The first-order chi connectivity index (χ1) is 19.9. The molecular weight excluding hydrogens is 534 g/mol. The first-order valence-electron chi connectivity index (χ1n) is 14.2. The third-order valence-electron chi connectivity index (χ3n) is 7.31. The molecule has 2 aliphatic rings. The number of aryl methyl sites for hydroxylation is 1. The molecule has 41 heavy (non-hydrogen) atoms. The van der Waals surface area contributed by atoms with Gasteiger partial charge in [0.05, 0.1) is 17.2 Å². The molecule has 0 N–H and O–H groups in total. The molecule has 5 rings (SSSR count). The van der Waals surface area contributed by atoms with Crippen LogP contribution in [0, 0.1) is 6.92 Å². The van der Waals surface area contributed by atoms with E-state index in [4.69, 9.17) is 9.47 Å². The molecule has 3 aromatic rings. The Balaban J connectivity index is 1.09. The number of carbonyl (C=O) groups is 2. The van der Waals surface area contributed by atoms with Crippen molar-refractivity contribution in [2.45, 2.75) is 26.2 Å². The van der Waals surface area contributed by atoms with Gasteiger partial charge in [-0.05, 0) is 112 Å². The van der Waals surface area contributed by atoms with Crippen LogP contribution >= 0.6 is 11.8 Å². The molecule has 8 heteroatoms. The first kappa shape index (κ1) is 28.9. The molecule has 2 heterocycles.